The lowest BCUT2D eigenvalue weighted by Crippen LogP contribution is -2.27. The molecular weight excluding hydrogens is 525 g/mol. The van der Waals surface area contributed by atoms with E-state index in [0.29, 0.717) is 16.1 Å². The summed E-state index contributed by atoms with van der Waals surface area (Å²) in [6.45, 7) is 3.37. The number of nitrogens with one attached hydrogen (secondary N) is 2. The molecule has 3 aromatic rings. The second-order valence-corrected chi connectivity index (χ2v) is 9.14. The third-order valence-electron chi connectivity index (χ3n) is 5.11. The Hall–Kier alpha value is -3.54. The summed E-state index contributed by atoms with van der Waals surface area (Å²) in [6, 6.07) is 13.2. The first kappa shape index (κ1) is 28.0. The maximum Gasteiger partial charge on any atom is 0.422 e. The maximum atomic E-state index is 14.2. The van der Waals surface area contributed by atoms with Gasteiger partial charge in [0.2, 0.25) is 5.91 Å². The van der Waals surface area contributed by atoms with Crippen LogP contribution in [0.25, 0.3) is 0 Å². The zero-order valence-corrected chi connectivity index (χ0v) is 20.1. The second-order valence-electron chi connectivity index (χ2n) is 7.86. The Balaban J connectivity index is 1.78. The highest BCUT2D eigenvalue weighted by Crippen LogP contribution is 2.39. The quantitative estimate of drug-likeness (QED) is 0.186. The van der Waals surface area contributed by atoms with E-state index in [1.54, 1.807) is 48.6 Å². The van der Waals surface area contributed by atoms with Gasteiger partial charge in [-0.3, -0.25) is 9.59 Å². The first-order chi connectivity index (χ1) is 17.3. The molecule has 37 heavy (non-hydrogen) atoms. The number of thioether (sulfide) groups is 1. The van der Waals surface area contributed by atoms with Gasteiger partial charge in [-0.2, -0.15) is 13.2 Å². The van der Waals surface area contributed by atoms with Crippen molar-refractivity contribution in [2.45, 2.75) is 36.6 Å². The van der Waals surface area contributed by atoms with E-state index in [2.05, 4.69) is 5.32 Å². The van der Waals surface area contributed by atoms with Gasteiger partial charge in [0, 0.05) is 16.1 Å². The minimum absolute atomic E-state index is 0.0746. The molecule has 12 heteroatoms. The Morgan fingerprint density at radius 2 is 1.51 bits per heavy atom. The predicted molar refractivity (Wildman–Crippen MR) is 125 cm³/mol. The van der Waals surface area contributed by atoms with Crippen molar-refractivity contribution < 1.29 is 40.3 Å². The molecule has 0 aliphatic rings. The van der Waals surface area contributed by atoms with Crippen molar-refractivity contribution in [1.82, 2.24) is 0 Å². The van der Waals surface area contributed by atoms with Gasteiger partial charge in [-0.05, 0) is 43.7 Å². The van der Waals surface area contributed by atoms with Crippen LogP contribution in [0, 0.1) is 30.2 Å². The van der Waals surface area contributed by atoms with E-state index in [-0.39, 0.29) is 12.3 Å². The van der Waals surface area contributed by atoms with E-state index in [0.717, 1.165) is 17.3 Å². The number of carbonyl (C=O) groups is 2. The Morgan fingerprint density at radius 3 is 2.08 bits per heavy atom. The minimum Gasteiger partial charge on any atom is -0.322 e. The van der Waals surface area contributed by atoms with Gasteiger partial charge >= 0.3 is 6.18 Å². The standard InChI is InChI=1S/C25H19F7N2O2S/c1-3-16(24(36)34-22-20(28)18(26)17(25(30,31)32)19(27)21(22)29)37-15-9-5-8-14(11-15)33-23(35)13-7-4-6-12(2)10-13/h4-11,16H,3H2,1-2H3,(H,33,35)(H,34,36). The Labute approximate surface area is 211 Å². The van der Waals surface area contributed by atoms with Crippen LogP contribution in [0.2, 0.25) is 0 Å². The zero-order chi connectivity index (χ0) is 27.5. The molecule has 0 heterocycles. The lowest BCUT2D eigenvalue weighted by Gasteiger charge is -2.18. The molecule has 4 nitrogen and oxygen atoms in total. The number of carbonyl (C=O) groups excluding carboxylic acids is 2. The van der Waals surface area contributed by atoms with Crippen LogP contribution in [0.5, 0.6) is 0 Å². The summed E-state index contributed by atoms with van der Waals surface area (Å²) < 4.78 is 94.5. The third-order valence-corrected chi connectivity index (χ3v) is 6.47. The van der Waals surface area contributed by atoms with Gasteiger partial charge < -0.3 is 10.6 Å². The monoisotopic (exact) mass is 544 g/mol. The number of aryl methyl sites for hydroxylation is 1. The topological polar surface area (TPSA) is 58.2 Å². The molecule has 0 spiro atoms. The Morgan fingerprint density at radius 1 is 0.892 bits per heavy atom. The minimum atomic E-state index is -5.69. The molecule has 2 amide bonds. The first-order valence-corrected chi connectivity index (χ1v) is 11.6. The van der Waals surface area contributed by atoms with Crippen molar-refractivity contribution in [3.8, 4) is 0 Å². The molecule has 0 aromatic heterocycles. The van der Waals surface area contributed by atoms with Crippen LogP contribution in [0.1, 0.15) is 34.8 Å². The third kappa shape index (κ3) is 6.43. The molecule has 3 rings (SSSR count). The molecule has 0 saturated heterocycles. The molecule has 1 unspecified atom stereocenters. The van der Waals surface area contributed by atoms with E-state index in [1.165, 1.54) is 6.07 Å². The van der Waals surface area contributed by atoms with Crippen molar-refractivity contribution in [3.63, 3.8) is 0 Å². The fraction of sp³-hybridized carbons (Fsp3) is 0.200. The number of halogens is 7. The first-order valence-electron chi connectivity index (χ1n) is 10.7. The summed E-state index contributed by atoms with van der Waals surface area (Å²) in [5.41, 5.74) is -2.70. The number of amides is 2. The molecule has 0 fully saturated rings. The zero-order valence-electron chi connectivity index (χ0n) is 19.3. The van der Waals surface area contributed by atoms with Gasteiger partial charge in [-0.15, -0.1) is 11.8 Å². The summed E-state index contributed by atoms with van der Waals surface area (Å²) in [5.74, 6) is -11.6. The van der Waals surface area contributed by atoms with Gasteiger partial charge in [0.05, 0.1) is 5.25 Å². The average molecular weight is 544 g/mol. The normalized spacial score (nSPS) is 12.2. The molecule has 0 aliphatic heterocycles. The highest BCUT2D eigenvalue weighted by molar-refractivity contribution is 8.00. The number of anilines is 2. The molecule has 2 N–H and O–H groups in total. The van der Waals surface area contributed by atoms with E-state index < -0.39 is 51.9 Å². The Kier molecular flexibility index (Phi) is 8.52. The SMILES string of the molecule is CCC(Sc1cccc(NC(=O)c2cccc(C)c2)c1)C(=O)Nc1c(F)c(F)c(C(F)(F)F)c(F)c1F. The van der Waals surface area contributed by atoms with Crippen LogP contribution in [0.4, 0.5) is 42.1 Å². The van der Waals surface area contributed by atoms with Gasteiger partial charge in [0.25, 0.3) is 5.91 Å². The second kappa shape index (κ2) is 11.2. The van der Waals surface area contributed by atoms with E-state index in [4.69, 9.17) is 0 Å². The molecule has 0 saturated carbocycles. The van der Waals surface area contributed by atoms with Gasteiger partial charge in [-0.1, -0.05) is 30.7 Å². The van der Waals surface area contributed by atoms with Gasteiger partial charge in [-0.25, -0.2) is 17.6 Å². The van der Waals surface area contributed by atoms with Crippen LogP contribution in [0.15, 0.2) is 53.4 Å². The van der Waals surface area contributed by atoms with Crippen LogP contribution in [-0.4, -0.2) is 17.1 Å². The summed E-state index contributed by atoms with van der Waals surface area (Å²) in [5, 5.41) is 3.30. The van der Waals surface area contributed by atoms with Crippen molar-refractivity contribution in [3.05, 3.63) is 88.5 Å². The molecule has 0 aliphatic carbocycles. The van der Waals surface area contributed by atoms with E-state index >= 15 is 0 Å². The smallest absolute Gasteiger partial charge is 0.322 e. The van der Waals surface area contributed by atoms with Gasteiger partial charge in [0.15, 0.2) is 23.3 Å². The van der Waals surface area contributed by atoms with Crippen LogP contribution < -0.4 is 10.6 Å². The maximum absolute atomic E-state index is 14.2. The number of hydrogen-bond acceptors (Lipinski definition) is 3. The lowest BCUT2D eigenvalue weighted by molar-refractivity contribution is -0.143. The largest absolute Gasteiger partial charge is 0.422 e. The van der Waals surface area contributed by atoms with Gasteiger partial charge in [0.1, 0.15) is 11.3 Å². The summed E-state index contributed by atoms with van der Waals surface area (Å²) in [7, 11) is 0. The summed E-state index contributed by atoms with van der Waals surface area (Å²) in [4.78, 5) is 25.6. The number of rotatable bonds is 7. The van der Waals surface area contributed by atoms with Crippen molar-refractivity contribution in [2.75, 3.05) is 10.6 Å². The number of alkyl halides is 3. The average Bonchev–Trinajstić information content (AvgIpc) is 2.83. The highest BCUT2D eigenvalue weighted by atomic mass is 32.2. The number of hydrogen-bond donors (Lipinski definition) is 2. The van der Waals surface area contributed by atoms with Crippen LogP contribution >= 0.6 is 11.8 Å². The Bertz CT molecular complexity index is 1320. The molecule has 1 atom stereocenters. The summed E-state index contributed by atoms with van der Waals surface area (Å²) >= 11 is 0.907. The lowest BCUT2D eigenvalue weighted by atomic mass is 10.1. The van der Waals surface area contributed by atoms with Crippen LogP contribution in [0.3, 0.4) is 0 Å². The molecular formula is C25H19F7N2O2S. The molecule has 0 radical (unpaired) electrons. The highest BCUT2D eigenvalue weighted by Gasteiger charge is 2.42. The fourth-order valence-electron chi connectivity index (χ4n) is 3.32. The van der Waals surface area contributed by atoms with Crippen molar-refractivity contribution in [2.24, 2.45) is 0 Å². The summed E-state index contributed by atoms with van der Waals surface area (Å²) in [6.07, 6.45) is -5.62. The predicted octanol–water partition coefficient (Wildman–Crippen LogP) is 7.33. The number of benzene rings is 3. The van der Waals surface area contributed by atoms with E-state index in [1.807, 2.05) is 13.0 Å². The van der Waals surface area contributed by atoms with E-state index in [9.17, 15) is 40.3 Å². The van der Waals surface area contributed by atoms with Crippen molar-refractivity contribution >= 4 is 35.0 Å². The van der Waals surface area contributed by atoms with Crippen LogP contribution in [-0.2, 0) is 11.0 Å². The molecule has 3 aromatic carbocycles. The van der Waals surface area contributed by atoms with Crippen molar-refractivity contribution in [1.29, 1.82) is 0 Å². The fourth-order valence-corrected chi connectivity index (χ4v) is 4.33. The molecule has 196 valence electrons. The molecule has 0 bridgehead atoms.